The van der Waals surface area contributed by atoms with E-state index in [0.717, 1.165) is 42.3 Å². The monoisotopic (exact) mass is 352 g/mol. The first-order valence-electron chi connectivity index (χ1n) is 8.00. The molecule has 1 aliphatic heterocycles. The molecule has 25 heavy (non-hydrogen) atoms. The van der Waals surface area contributed by atoms with Gasteiger partial charge in [-0.3, -0.25) is 0 Å². The van der Waals surface area contributed by atoms with Crippen molar-refractivity contribution in [1.82, 2.24) is 15.0 Å². The molecule has 0 bridgehead atoms. The molecule has 1 fully saturated rings. The quantitative estimate of drug-likeness (QED) is 0.847. The number of rotatable bonds is 3. The number of ether oxygens (including phenoxy) is 1. The lowest BCUT2D eigenvalue weighted by Gasteiger charge is -2.21. The number of anilines is 1. The normalized spacial score (nSPS) is 17.8. The smallest absolute Gasteiger partial charge is 0.417 e. The van der Waals surface area contributed by atoms with Crippen LogP contribution in [0, 0.1) is 20.8 Å². The van der Waals surface area contributed by atoms with Crippen LogP contribution < -0.4 is 9.64 Å². The van der Waals surface area contributed by atoms with Crippen molar-refractivity contribution in [2.75, 3.05) is 18.0 Å². The Labute approximate surface area is 143 Å². The van der Waals surface area contributed by atoms with Crippen LogP contribution in [0.5, 0.6) is 5.88 Å². The summed E-state index contributed by atoms with van der Waals surface area (Å²) in [6, 6.07) is 2.24. The van der Waals surface area contributed by atoms with E-state index in [4.69, 9.17) is 4.74 Å². The van der Waals surface area contributed by atoms with E-state index in [1.54, 1.807) is 0 Å². The summed E-state index contributed by atoms with van der Waals surface area (Å²) in [6.07, 6.45) is -2.98. The zero-order valence-corrected chi connectivity index (χ0v) is 14.3. The highest BCUT2D eigenvalue weighted by Crippen LogP contribution is 2.30. The van der Waals surface area contributed by atoms with E-state index in [2.05, 4.69) is 19.9 Å². The highest BCUT2D eigenvalue weighted by atomic mass is 19.4. The lowest BCUT2D eigenvalue weighted by Crippen LogP contribution is -2.26. The summed E-state index contributed by atoms with van der Waals surface area (Å²) in [6.45, 7) is 7.16. The summed E-state index contributed by atoms with van der Waals surface area (Å²) in [5.41, 5.74) is 1.19. The molecule has 1 aliphatic rings. The maximum absolute atomic E-state index is 12.6. The zero-order chi connectivity index (χ0) is 18.2. The Morgan fingerprint density at radius 1 is 1.16 bits per heavy atom. The van der Waals surface area contributed by atoms with Gasteiger partial charge in [0.05, 0.1) is 12.1 Å². The minimum absolute atomic E-state index is 0.140. The number of nitrogens with zero attached hydrogens (tertiary/aromatic N) is 4. The lowest BCUT2D eigenvalue weighted by molar-refractivity contribution is -0.137. The largest absolute Gasteiger partial charge is 0.472 e. The summed E-state index contributed by atoms with van der Waals surface area (Å²) in [5.74, 6) is 1.80. The number of pyridine rings is 1. The maximum Gasteiger partial charge on any atom is 0.417 e. The fourth-order valence-corrected chi connectivity index (χ4v) is 2.86. The molecule has 0 amide bonds. The van der Waals surface area contributed by atoms with Crippen LogP contribution >= 0.6 is 0 Å². The van der Waals surface area contributed by atoms with Crippen molar-refractivity contribution in [3.8, 4) is 5.88 Å². The van der Waals surface area contributed by atoms with Crippen LogP contribution in [-0.2, 0) is 6.18 Å². The molecule has 3 rings (SSSR count). The topological polar surface area (TPSA) is 51.1 Å². The molecule has 0 aromatic carbocycles. The van der Waals surface area contributed by atoms with Gasteiger partial charge in [0.15, 0.2) is 0 Å². The Kier molecular flexibility index (Phi) is 4.53. The van der Waals surface area contributed by atoms with Gasteiger partial charge in [-0.25, -0.2) is 15.0 Å². The molecule has 8 heteroatoms. The SMILES string of the molecule is Cc1nc(C)c(C)c(N2CCC(Oc3ccc(C(F)(F)F)cn3)C2)n1. The van der Waals surface area contributed by atoms with E-state index < -0.39 is 11.7 Å². The van der Waals surface area contributed by atoms with Gasteiger partial charge in [0.25, 0.3) is 0 Å². The highest BCUT2D eigenvalue weighted by Gasteiger charge is 2.31. The fourth-order valence-electron chi connectivity index (χ4n) is 2.86. The summed E-state index contributed by atoms with van der Waals surface area (Å²) in [7, 11) is 0. The number of alkyl halides is 3. The molecule has 0 radical (unpaired) electrons. The predicted octanol–water partition coefficient (Wildman–Crippen LogP) is 3.47. The molecule has 134 valence electrons. The Hall–Kier alpha value is -2.38. The van der Waals surface area contributed by atoms with Gasteiger partial charge in [-0.2, -0.15) is 13.2 Å². The number of halogens is 3. The second-order valence-corrected chi connectivity index (χ2v) is 6.16. The first-order chi connectivity index (χ1) is 11.7. The van der Waals surface area contributed by atoms with Crippen molar-refractivity contribution in [3.05, 3.63) is 41.0 Å². The molecule has 5 nitrogen and oxygen atoms in total. The third kappa shape index (κ3) is 3.83. The zero-order valence-electron chi connectivity index (χ0n) is 14.3. The van der Waals surface area contributed by atoms with E-state index in [0.29, 0.717) is 12.4 Å². The predicted molar refractivity (Wildman–Crippen MR) is 86.7 cm³/mol. The highest BCUT2D eigenvalue weighted by molar-refractivity contribution is 5.49. The molecule has 1 atom stereocenters. The summed E-state index contributed by atoms with van der Waals surface area (Å²) in [5, 5.41) is 0. The third-order valence-electron chi connectivity index (χ3n) is 4.27. The van der Waals surface area contributed by atoms with Crippen LogP contribution in [0.25, 0.3) is 0 Å². The van der Waals surface area contributed by atoms with E-state index in [9.17, 15) is 13.2 Å². The van der Waals surface area contributed by atoms with E-state index in [-0.39, 0.29) is 12.0 Å². The van der Waals surface area contributed by atoms with Crippen LogP contribution in [-0.4, -0.2) is 34.1 Å². The van der Waals surface area contributed by atoms with Gasteiger partial charge >= 0.3 is 6.18 Å². The molecule has 3 heterocycles. The second-order valence-electron chi connectivity index (χ2n) is 6.16. The van der Waals surface area contributed by atoms with Crippen molar-refractivity contribution < 1.29 is 17.9 Å². The molecule has 0 N–H and O–H groups in total. The van der Waals surface area contributed by atoms with Gasteiger partial charge in [-0.15, -0.1) is 0 Å². The third-order valence-corrected chi connectivity index (χ3v) is 4.27. The second kappa shape index (κ2) is 6.50. The van der Waals surface area contributed by atoms with Crippen molar-refractivity contribution in [2.45, 2.75) is 39.5 Å². The molecule has 0 spiro atoms. The maximum atomic E-state index is 12.6. The Bertz CT molecular complexity index is 762. The summed E-state index contributed by atoms with van der Waals surface area (Å²) < 4.78 is 43.4. The fraction of sp³-hybridized carbons (Fsp3) is 0.471. The van der Waals surface area contributed by atoms with Crippen molar-refractivity contribution >= 4 is 5.82 Å². The van der Waals surface area contributed by atoms with Gasteiger partial charge in [0.1, 0.15) is 17.7 Å². The lowest BCUT2D eigenvalue weighted by atomic mass is 10.2. The molecule has 1 unspecified atom stereocenters. The Morgan fingerprint density at radius 2 is 1.92 bits per heavy atom. The Balaban J connectivity index is 1.68. The molecular weight excluding hydrogens is 333 g/mol. The Morgan fingerprint density at radius 3 is 2.56 bits per heavy atom. The number of aryl methyl sites for hydroxylation is 2. The molecule has 0 saturated carbocycles. The van der Waals surface area contributed by atoms with Crippen LogP contribution in [0.2, 0.25) is 0 Å². The van der Waals surface area contributed by atoms with Crippen molar-refractivity contribution in [3.63, 3.8) is 0 Å². The number of hydrogen-bond donors (Lipinski definition) is 0. The minimum Gasteiger partial charge on any atom is -0.472 e. The number of aromatic nitrogens is 3. The van der Waals surface area contributed by atoms with E-state index in [1.165, 1.54) is 6.07 Å². The first-order valence-corrected chi connectivity index (χ1v) is 8.00. The van der Waals surface area contributed by atoms with Crippen molar-refractivity contribution in [2.24, 2.45) is 0 Å². The summed E-state index contributed by atoms with van der Waals surface area (Å²) in [4.78, 5) is 14.7. The number of hydrogen-bond acceptors (Lipinski definition) is 5. The van der Waals surface area contributed by atoms with Gasteiger partial charge in [-0.05, 0) is 26.8 Å². The first kappa shape index (κ1) is 17.4. The molecule has 2 aromatic heterocycles. The van der Waals surface area contributed by atoms with E-state index >= 15 is 0 Å². The standard InChI is InChI=1S/C17H19F3N4O/c1-10-11(2)22-12(3)23-16(10)24-7-6-14(9-24)25-15-5-4-13(8-21-15)17(18,19)20/h4-5,8,14H,6-7,9H2,1-3H3. The van der Waals surface area contributed by atoms with Gasteiger partial charge in [0.2, 0.25) is 5.88 Å². The molecule has 1 saturated heterocycles. The molecule has 0 aliphatic carbocycles. The van der Waals surface area contributed by atoms with Crippen LogP contribution in [0.15, 0.2) is 18.3 Å². The van der Waals surface area contributed by atoms with Gasteiger partial charge in [-0.1, -0.05) is 0 Å². The van der Waals surface area contributed by atoms with Crippen LogP contribution in [0.1, 0.15) is 29.1 Å². The summed E-state index contributed by atoms with van der Waals surface area (Å²) >= 11 is 0. The average Bonchev–Trinajstić information content (AvgIpc) is 2.99. The van der Waals surface area contributed by atoms with E-state index in [1.807, 2.05) is 20.8 Å². The molecular formula is C17H19F3N4O. The van der Waals surface area contributed by atoms with Crippen LogP contribution in [0.4, 0.5) is 19.0 Å². The van der Waals surface area contributed by atoms with Crippen LogP contribution in [0.3, 0.4) is 0 Å². The minimum atomic E-state index is -4.39. The van der Waals surface area contributed by atoms with Gasteiger partial charge < -0.3 is 9.64 Å². The molecule has 2 aromatic rings. The average molecular weight is 352 g/mol. The van der Waals surface area contributed by atoms with Crippen molar-refractivity contribution in [1.29, 1.82) is 0 Å². The van der Waals surface area contributed by atoms with Gasteiger partial charge in [0, 0.05) is 36.5 Å².